The Morgan fingerprint density at radius 1 is 1.40 bits per heavy atom. The smallest absolute Gasteiger partial charge is 0.407 e. The van der Waals surface area contributed by atoms with Crippen LogP contribution in [0.25, 0.3) is 10.9 Å². The van der Waals surface area contributed by atoms with E-state index in [4.69, 9.17) is 14.3 Å². The number of amides is 1. The summed E-state index contributed by atoms with van der Waals surface area (Å²) in [5, 5.41) is 6.05. The maximum Gasteiger partial charge on any atom is 0.407 e. The zero-order valence-electron chi connectivity index (χ0n) is 14.7. The Labute approximate surface area is 146 Å². The Kier molecular flexibility index (Phi) is 3.94. The Hall–Kier alpha value is -2.09. The van der Waals surface area contributed by atoms with Crippen molar-refractivity contribution >= 4 is 17.0 Å². The first-order chi connectivity index (χ1) is 12.0. The summed E-state index contributed by atoms with van der Waals surface area (Å²) in [6.45, 7) is 4.82. The number of nitrogens with one attached hydrogen (secondary N) is 2. The Bertz CT molecular complexity index is 801. The molecule has 4 rings (SSSR count). The van der Waals surface area contributed by atoms with Crippen LogP contribution in [0.2, 0.25) is 0 Å². The van der Waals surface area contributed by atoms with Crippen molar-refractivity contribution in [2.24, 2.45) is 0 Å². The van der Waals surface area contributed by atoms with Gasteiger partial charge >= 0.3 is 6.09 Å². The van der Waals surface area contributed by atoms with Crippen molar-refractivity contribution in [1.82, 2.24) is 15.4 Å². The fourth-order valence-electron chi connectivity index (χ4n) is 3.77. The maximum atomic E-state index is 11.9. The molecule has 25 heavy (non-hydrogen) atoms. The number of alkyl carbamates (subject to hydrolysis) is 1. The highest BCUT2D eigenvalue weighted by molar-refractivity contribution is 5.85. The molecule has 7 heteroatoms. The largest absolute Gasteiger partial charge is 0.453 e. The lowest BCUT2D eigenvalue weighted by Crippen LogP contribution is -2.49. The van der Waals surface area contributed by atoms with Crippen LogP contribution in [0.1, 0.15) is 31.1 Å². The van der Waals surface area contributed by atoms with Crippen molar-refractivity contribution < 1.29 is 19.1 Å². The Morgan fingerprint density at radius 3 is 3.00 bits per heavy atom. The maximum absolute atomic E-state index is 11.9. The predicted octanol–water partition coefficient (Wildman–Crippen LogP) is 2.49. The van der Waals surface area contributed by atoms with Crippen molar-refractivity contribution in [3.63, 3.8) is 0 Å². The minimum Gasteiger partial charge on any atom is -0.453 e. The molecule has 2 aliphatic heterocycles. The lowest BCUT2D eigenvalue weighted by Gasteiger charge is -2.38. The molecule has 0 aliphatic carbocycles. The molecule has 2 atom stereocenters. The molecule has 2 N–H and O–H groups in total. The SMILES string of the molecule is COC(=O)N[C@H]1COC(C)(C)ON2CCc3c([nH]c4ccccc34)[C@@H]12. The Morgan fingerprint density at radius 2 is 2.20 bits per heavy atom. The molecule has 1 aromatic carbocycles. The number of fused-ring (bicyclic) bond motifs is 5. The molecule has 1 amide bonds. The molecule has 0 bridgehead atoms. The van der Waals surface area contributed by atoms with Crippen LogP contribution in [-0.4, -0.2) is 48.2 Å². The fourth-order valence-corrected chi connectivity index (χ4v) is 3.77. The van der Waals surface area contributed by atoms with E-state index in [2.05, 4.69) is 22.4 Å². The first-order valence-electron chi connectivity index (χ1n) is 8.52. The number of H-pyrrole nitrogens is 1. The zero-order chi connectivity index (χ0) is 17.6. The number of methoxy groups -OCH3 is 1. The van der Waals surface area contributed by atoms with Gasteiger partial charge in [-0.25, -0.2) is 4.79 Å². The molecule has 1 fully saturated rings. The molecule has 7 nitrogen and oxygen atoms in total. The number of aromatic amines is 1. The van der Waals surface area contributed by atoms with Gasteiger partial charge < -0.3 is 19.8 Å². The fraction of sp³-hybridized carbons (Fsp3) is 0.500. The molecule has 1 saturated heterocycles. The summed E-state index contributed by atoms with van der Waals surface area (Å²) in [6, 6.07) is 7.79. The standard InChI is InChI=1S/C18H23N3O4/c1-18(2)24-10-14(20-17(22)23-3)16-15-12(8-9-21(16)25-18)11-6-4-5-7-13(11)19-15/h4-7,14,16,19H,8-10H2,1-3H3,(H,20,22)/t14-,16+/m0/s1. The molecule has 1 aromatic heterocycles. The summed E-state index contributed by atoms with van der Waals surface area (Å²) in [7, 11) is 1.36. The molecule has 3 heterocycles. The number of para-hydroxylation sites is 1. The van der Waals surface area contributed by atoms with Gasteiger partial charge in [-0.2, -0.15) is 5.06 Å². The third-order valence-electron chi connectivity index (χ3n) is 4.85. The topological polar surface area (TPSA) is 75.8 Å². The van der Waals surface area contributed by atoms with Gasteiger partial charge in [-0.1, -0.05) is 18.2 Å². The van der Waals surface area contributed by atoms with Crippen molar-refractivity contribution in [1.29, 1.82) is 0 Å². The van der Waals surface area contributed by atoms with Crippen molar-refractivity contribution in [3.05, 3.63) is 35.5 Å². The summed E-state index contributed by atoms with van der Waals surface area (Å²) in [6.07, 6.45) is 0.396. The van der Waals surface area contributed by atoms with Gasteiger partial charge in [0.15, 0.2) is 5.79 Å². The number of carbonyl (C=O) groups excluding carboxylic acids is 1. The number of benzene rings is 1. The molecule has 0 spiro atoms. The first kappa shape index (κ1) is 16.4. The first-order valence-corrected chi connectivity index (χ1v) is 8.52. The van der Waals surface area contributed by atoms with Gasteiger partial charge in [-0.3, -0.25) is 4.84 Å². The van der Waals surface area contributed by atoms with Gasteiger partial charge in [0.1, 0.15) is 0 Å². The van der Waals surface area contributed by atoms with E-state index in [1.807, 2.05) is 31.0 Å². The molecule has 134 valence electrons. The molecule has 0 saturated carbocycles. The van der Waals surface area contributed by atoms with Gasteiger partial charge in [0.2, 0.25) is 0 Å². The van der Waals surface area contributed by atoms with Gasteiger partial charge in [-0.15, -0.1) is 0 Å². The third-order valence-corrected chi connectivity index (χ3v) is 4.85. The van der Waals surface area contributed by atoms with Crippen LogP contribution < -0.4 is 5.32 Å². The van der Waals surface area contributed by atoms with Crippen LogP contribution in [-0.2, 0) is 20.7 Å². The van der Waals surface area contributed by atoms with Crippen LogP contribution in [0.4, 0.5) is 4.79 Å². The molecular formula is C18H23N3O4. The molecular weight excluding hydrogens is 322 g/mol. The highest BCUT2D eigenvalue weighted by atomic mass is 16.8. The number of rotatable bonds is 1. The van der Waals surface area contributed by atoms with Gasteiger partial charge in [0.05, 0.1) is 25.8 Å². The van der Waals surface area contributed by atoms with Gasteiger partial charge in [-0.05, 0) is 31.9 Å². The third kappa shape index (κ3) is 2.88. The van der Waals surface area contributed by atoms with Crippen LogP contribution >= 0.6 is 0 Å². The van der Waals surface area contributed by atoms with Crippen LogP contribution in [0, 0.1) is 0 Å². The number of hydrogen-bond donors (Lipinski definition) is 2. The number of hydrogen-bond acceptors (Lipinski definition) is 5. The molecule has 0 unspecified atom stereocenters. The molecule has 2 aromatic rings. The van der Waals surface area contributed by atoms with Crippen molar-refractivity contribution in [2.75, 3.05) is 20.3 Å². The van der Waals surface area contributed by atoms with Gasteiger partial charge in [0.25, 0.3) is 0 Å². The average molecular weight is 345 g/mol. The molecule has 2 aliphatic rings. The zero-order valence-corrected chi connectivity index (χ0v) is 14.7. The lowest BCUT2D eigenvalue weighted by atomic mass is 9.94. The summed E-state index contributed by atoms with van der Waals surface area (Å²) in [4.78, 5) is 21.5. The predicted molar refractivity (Wildman–Crippen MR) is 91.9 cm³/mol. The van der Waals surface area contributed by atoms with E-state index in [1.165, 1.54) is 18.1 Å². The highest BCUT2D eigenvalue weighted by Crippen LogP contribution is 2.39. The summed E-state index contributed by atoms with van der Waals surface area (Å²) >= 11 is 0. The quantitative estimate of drug-likeness (QED) is 0.830. The summed E-state index contributed by atoms with van der Waals surface area (Å²) in [5.41, 5.74) is 3.43. The van der Waals surface area contributed by atoms with Crippen LogP contribution in [0.3, 0.4) is 0 Å². The van der Waals surface area contributed by atoms with E-state index >= 15 is 0 Å². The molecule has 0 radical (unpaired) electrons. The van der Waals surface area contributed by atoms with Crippen LogP contribution in [0.15, 0.2) is 24.3 Å². The minimum atomic E-state index is -0.756. The van der Waals surface area contributed by atoms with E-state index in [9.17, 15) is 4.79 Å². The number of hydroxylamine groups is 2. The lowest BCUT2D eigenvalue weighted by molar-refractivity contribution is -0.326. The van der Waals surface area contributed by atoms with Crippen molar-refractivity contribution in [3.8, 4) is 0 Å². The minimum absolute atomic E-state index is 0.169. The Balaban J connectivity index is 1.79. The second-order valence-electron chi connectivity index (χ2n) is 6.94. The van der Waals surface area contributed by atoms with Crippen molar-refractivity contribution in [2.45, 2.75) is 38.1 Å². The van der Waals surface area contributed by atoms with E-state index in [0.717, 1.165) is 24.2 Å². The van der Waals surface area contributed by atoms with E-state index in [0.29, 0.717) is 6.61 Å². The normalized spacial score (nSPS) is 25.7. The number of nitrogens with zero attached hydrogens (tertiary/aromatic N) is 1. The number of ether oxygens (including phenoxy) is 2. The average Bonchev–Trinajstić information content (AvgIpc) is 2.90. The summed E-state index contributed by atoms with van der Waals surface area (Å²) in [5.74, 6) is -0.756. The second kappa shape index (κ2) is 6.01. The van der Waals surface area contributed by atoms with E-state index in [1.54, 1.807) is 0 Å². The second-order valence-corrected chi connectivity index (χ2v) is 6.94. The summed E-state index contributed by atoms with van der Waals surface area (Å²) < 4.78 is 10.7. The van der Waals surface area contributed by atoms with E-state index in [-0.39, 0.29) is 12.1 Å². The van der Waals surface area contributed by atoms with E-state index < -0.39 is 11.9 Å². The highest BCUT2D eigenvalue weighted by Gasteiger charge is 2.43. The number of carbonyl (C=O) groups is 1. The monoisotopic (exact) mass is 345 g/mol. The van der Waals surface area contributed by atoms with Gasteiger partial charge in [0, 0.05) is 23.1 Å². The van der Waals surface area contributed by atoms with Crippen LogP contribution in [0.5, 0.6) is 0 Å². The number of aromatic nitrogens is 1.